The van der Waals surface area contributed by atoms with Crippen molar-refractivity contribution in [2.24, 2.45) is 7.05 Å². The number of rotatable bonds is 9. The first-order valence-corrected chi connectivity index (χ1v) is 12.8. The van der Waals surface area contributed by atoms with E-state index in [4.69, 9.17) is 9.84 Å². The Morgan fingerprint density at radius 1 is 1.26 bits per heavy atom. The van der Waals surface area contributed by atoms with Crippen LogP contribution in [0.3, 0.4) is 0 Å². The lowest BCUT2D eigenvalue weighted by Gasteiger charge is -2.42. The van der Waals surface area contributed by atoms with E-state index < -0.39 is 5.92 Å². The number of ether oxygens (including phenoxy) is 1. The molecule has 5 rings (SSSR count). The SMILES string of the molecule is COCC(CN1CC(F)(F)C1)N1CC[C@H](NC(=O)Nc2c(C)c(-c3cnn(C)c3)nn2-c2ccccc2)C1. The van der Waals surface area contributed by atoms with Gasteiger partial charge in [0.05, 0.1) is 31.6 Å². The van der Waals surface area contributed by atoms with Gasteiger partial charge in [-0.05, 0) is 25.5 Å². The number of aryl methyl sites for hydroxylation is 1. The summed E-state index contributed by atoms with van der Waals surface area (Å²) in [5.74, 6) is -2.01. The minimum absolute atomic E-state index is 0.00485. The summed E-state index contributed by atoms with van der Waals surface area (Å²) in [6.45, 7) is 3.87. The number of anilines is 1. The Bertz CT molecular complexity index is 1250. The molecular formula is C26H34F2N8O2. The van der Waals surface area contributed by atoms with Crippen molar-refractivity contribution < 1.29 is 18.3 Å². The van der Waals surface area contributed by atoms with Gasteiger partial charge >= 0.3 is 6.03 Å². The highest BCUT2D eigenvalue weighted by atomic mass is 19.3. The first-order chi connectivity index (χ1) is 18.2. The molecule has 0 saturated carbocycles. The standard InChI is InChI=1S/C26H34F2N8O2/c1-18-23(19-11-29-33(2)12-19)32-36(21-7-5-4-6-8-21)24(18)31-25(37)30-20-9-10-35(13-20)22(15-38-3)14-34-16-26(27,28)17-34/h4-8,11-12,20,22H,9-10,13-17H2,1-3H3,(H2,30,31,37)/t20-,22?/m0/s1. The van der Waals surface area contributed by atoms with Gasteiger partial charge in [-0.25, -0.2) is 18.3 Å². The summed E-state index contributed by atoms with van der Waals surface area (Å²) in [5.41, 5.74) is 3.26. The van der Waals surface area contributed by atoms with Crippen LogP contribution in [-0.2, 0) is 11.8 Å². The lowest BCUT2D eigenvalue weighted by molar-refractivity contribution is -0.137. The van der Waals surface area contributed by atoms with Crippen molar-refractivity contribution in [1.82, 2.24) is 34.7 Å². The Hall–Kier alpha value is -3.35. The van der Waals surface area contributed by atoms with Gasteiger partial charge in [0.1, 0.15) is 11.5 Å². The summed E-state index contributed by atoms with van der Waals surface area (Å²) >= 11 is 0. The summed E-state index contributed by atoms with van der Waals surface area (Å²) in [7, 11) is 3.47. The fourth-order valence-corrected chi connectivity index (χ4v) is 5.28. The molecule has 3 aromatic rings. The van der Waals surface area contributed by atoms with Gasteiger partial charge in [0.25, 0.3) is 5.92 Å². The van der Waals surface area contributed by atoms with Crippen molar-refractivity contribution in [3.05, 3.63) is 48.3 Å². The van der Waals surface area contributed by atoms with Crippen LogP contribution < -0.4 is 10.6 Å². The van der Waals surface area contributed by atoms with Crippen molar-refractivity contribution in [3.63, 3.8) is 0 Å². The van der Waals surface area contributed by atoms with E-state index in [1.807, 2.05) is 50.5 Å². The molecule has 2 atom stereocenters. The average molecular weight is 529 g/mol. The molecule has 0 radical (unpaired) electrons. The number of methoxy groups -OCH3 is 1. The molecule has 2 saturated heterocycles. The Balaban J connectivity index is 1.26. The second-order valence-corrected chi connectivity index (χ2v) is 10.2. The lowest BCUT2D eigenvalue weighted by atomic mass is 10.1. The summed E-state index contributed by atoms with van der Waals surface area (Å²) in [5, 5.41) is 15.2. The summed E-state index contributed by atoms with van der Waals surface area (Å²) in [6, 6.07) is 9.24. The zero-order chi connectivity index (χ0) is 26.9. The zero-order valence-corrected chi connectivity index (χ0v) is 21.9. The third kappa shape index (κ3) is 5.71. The number of amides is 2. The van der Waals surface area contributed by atoms with Gasteiger partial charge < -0.3 is 10.1 Å². The van der Waals surface area contributed by atoms with Gasteiger partial charge in [0.2, 0.25) is 0 Å². The van der Waals surface area contributed by atoms with Crippen molar-refractivity contribution >= 4 is 11.8 Å². The van der Waals surface area contributed by atoms with E-state index in [-0.39, 0.29) is 31.2 Å². The van der Waals surface area contributed by atoms with Crippen molar-refractivity contribution in [2.45, 2.75) is 31.4 Å². The van der Waals surface area contributed by atoms with Crippen LogP contribution >= 0.6 is 0 Å². The smallest absolute Gasteiger partial charge is 0.320 e. The molecule has 1 unspecified atom stereocenters. The third-order valence-electron chi connectivity index (χ3n) is 7.14. The highest BCUT2D eigenvalue weighted by molar-refractivity contribution is 5.91. The van der Waals surface area contributed by atoms with E-state index >= 15 is 0 Å². The monoisotopic (exact) mass is 528 g/mol. The molecule has 0 spiro atoms. The summed E-state index contributed by atoms with van der Waals surface area (Å²) in [6.07, 6.45) is 4.40. The Kier molecular flexibility index (Phi) is 7.46. The van der Waals surface area contributed by atoms with Crippen LogP contribution in [0.25, 0.3) is 16.9 Å². The Labute approximate surface area is 220 Å². The molecule has 1 aromatic carbocycles. The molecule has 204 valence electrons. The van der Waals surface area contributed by atoms with E-state index in [1.54, 1.807) is 27.6 Å². The first-order valence-electron chi connectivity index (χ1n) is 12.8. The summed E-state index contributed by atoms with van der Waals surface area (Å²) in [4.78, 5) is 17.1. The summed E-state index contributed by atoms with van der Waals surface area (Å²) < 4.78 is 35.4. The topological polar surface area (TPSA) is 92.5 Å². The molecule has 4 heterocycles. The maximum atomic E-state index is 13.3. The molecule has 0 aliphatic carbocycles. The van der Waals surface area contributed by atoms with Crippen molar-refractivity contribution in [3.8, 4) is 16.9 Å². The van der Waals surface area contributed by atoms with Crippen molar-refractivity contribution in [1.29, 1.82) is 0 Å². The molecule has 2 fully saturated rings. The van der Waals surface area contributed by atoms with E-state index in [9.17, 15) is 13.6 Å². The largest absolute Gasteiger partial charge is 0.383 e. The van der Waals surface area contributed by atoms with Gasteiger partial charge in [-0.2, -0.15) is 10.2 Å². The number of halogens is 2. The number of benzene rings is 1. The first kappa shape index (κ1) is 26.3. The molecule has 2 aliphatic rings. The number of para-hydroxylation sites is 1. The number of hydrogen-bond acceptors (Lipinski definition) is 6. The number of carbonyl (C=O) groups excluding carboxylic acids is 1. The lowest BCUT2D eigenvalue weighted by Crippen LogP contribution is -2.60. The van der Waals surface area contributed by atoms with Crippen LogP contribution in [0, 0.1) is 6.92 Å². The number of carbonyl (C=O) groups is 1. The van der Waals surface area contributed by atoms with Crippen LogP contribution in [0.5, 0.6) is 0 Å². The van der Waals surface area contributed by atoms with E-state index in [2.05, 4.69) is 20.6 Å². The molecule has 2 amide bonds. The molecule has 2 aromatic heterocycles. The number of nitrogens with one attached hydrogen (secondary N) is 2. The maximum Gasteiger partial charge on any atom is 0.320 e. The number of urea groups is 1. The number of aromatic nitrogens is 4. The van der Waals surface area contributed by atoms with Crippen LogP contribution in [0.1, 0.15) is 12.0 Å². The van der Waals surface area contributed by atoms with Gasteiger partial charge in [-0.1, -0.05) is 18.2 Å². The fourth-order valence-electron chi connectivity index (χ4n) is 5.28. The molecule has 10 nitrogen and oxygen atoms in total. The van der Waals surface area contributed by atoms with Crippen LogP contribution in [0.2, 0.25) is 0 Å². The van der Waals surface area contributed by atoms with Crippen LogP contribution in [0.4, 0.5) is 19.4 Å². The van der Waals surface area contributed by atoms with Crippen LogP contribution in [-0.4, -0.2) is 99.8 Å². The van der Waals surface area contributed by atoms with E-state index in [1.165, 1.54) is 0 Å². The van der Waals surface area contributed by atoms with Gasteiger partial charge in [-0.15, -0.1) is 0 Å². The maximum absolute atomic E-state index is 13.3. The number of alkyl halides is 2. The fraction of sp³-hybridized carbons (Fsp3) is 0.500. The van der Waals surface area contributed by atoms with Gasteiger partial charge in [-0.3, -0.25) is 19.8 Å². The highest BCUT2D eigenvalue weighted by Gasteiger charge is 2.45. The highest BCUT2D eigenvalue weighted by Crippen LogP contribution is 2.30. The Morgan fingerprint density at radius 2 is 2.03 bits per heavy atom. The van der Waals surface area contributed by atoms with Gasteiger partial charge in [0, 0.05) is 63.2 Å². The molecule has 38 heavy (non-hydrogen) atoms. The quantitative estimate of drug-likeness (QED) is 0.444. The van der Waals surface area contributed by atoms with E-state index in [0.717, 1.165) is 35.5 Å². The zero-order valence-electron chi connectivity index (χ0n) is 21.9. The predicted octanol–water partition coefficient (Wildman–Crippen LogP) is 2.74. The third-order valence-corrected chi connectivity index (χ3v) is 7.14. The second kappa shape index (κ2) is 10.8. The number of hydrogen-bond donors (Lipinski definition) is 2. The van der Waals surface area contributed by atoms with Gasteiger partial charge in [0.15, 0.2) is 0 Å². The van der Waals surface area contributed by atoms with Crippen LogP contribution in [0.15, 0.2) is 42.7 Å². The molecule has 12 heteroatoms. The second-order valence-electron chi connectivity index (χ2n) is 10.2. The minimum Gasteiger partial charge on any atom is -0.383 e. The molecule has 0 bridgehead atoms. The average Bonchev–Trinajstić information content (AvgIpc) is 3.58. The number of likely N-dealkylation sites (tertiary alicyclic amines) is 2. The number of nitrogens with zero attached hydrogens (tertiary/aromatic N) is 6. The molecule has 2 aliphatic heterocycles. The molecular weight excluding hydrogens is 494 g/mol. The minimum atomic E-state index is -2.59. The predicted molar refractivity (Wildman–Crippen MR) is 140 cm³/mol. The Morgan fingerprint density at radius 3 is 2.68 bits per heavy atom. The molecule has 2 N–H and O–H groups in total. The van der Waals surface area contributed by atoms with Crippen molar-refractivity contribution in [2.75, 3.05) is 51.8 Å². The van der Waals surface area contributed by atoms with E-state index in [0.29, 0.717) is 25.5 Å². The normalized spacial score (nSPS) is 20.3.